The summed E-state index contributed by atoms with van der Waals surface area (Å²) in [5.41, 5.74) is 7.17. The fourth-order valence-electron chi connectivity index (χ4n) is 1.47. The molecule has 0 saturated carbocycles. The van der Waals surface area contributed by atoms with Crippen LogP contribution in [0.2, 0.25) is 5.02 Å². The van der Waals surface area contributed by atoms with Crippen LogP contribution in [0.5, 0.6) is 0 Å². The summed E-state index contributed by atoms with van der Waals surface area (Å²) in [6.07, 6.45) is 0. The van der Waals surface area contributed by atoms with Crippen molar-refractivity contribution in [1.82, 2.24) is 0 Å². The van der Waals surface area contributed by atoms with Crippen molar-refractivity contribution in [3.05, 3.63) is 55.9 Å². The molecule has 1 amide bonds. The fourth-order valence-corrected chi connectivity index (χ4v) is 2.85. The first-order valence-corrected chi connectivity index (χ1v) is 7.26. The van der Waals surface area contributed by atoms with Gasteiger partial charge in [-0.25, -0.2) is 0 Å². The number of benzene rings is 2. The van der Waals surface area contributed by atoms with Crippen LogP contribution in [-0.2, 0) is 0 Å². The van der Waals surface area contributed by atoms with E-state index in [9.17, 15) is 4.79 Å². The number of anilines is 2. The second-order valence-corrected chi connectivity index (χ2v) is 5.90. The summed E-state index contributed by atoms with van der Waals surface area (Å²) < 4.78 is 1.58. The maximum absolute atomic E-state index is 12.1. The molecule has 19 heavy (non-hydrogen) atoms. The third-order valence-corrected chi connectivity index (χ3v) is 4.11. The van der Waals surface area contributed by atoms with Crippen molar-refractivity contribution in [3.63, 3.8) is 0 Å². The van der Waals surface area contributed by atoms with Gasteiger partial charge in [-0.2, -0.15) is 0 Å². The largest absolute Gasteiger partial charge is 0.398 e. The summed E-state index contributed by atoms with van der Waals surface area (Å²) >= 11 is 12.7. The summed E-state index contributed by atoms with van der Waals surface area (Å²) in [4.78, 5) is 12.1. The predicted octanol–water partition coefficient (Wildman–Crippen LogP) is 4.70. The number of hydrogen-bond acceptors (Lipinski definition) is 2. The molecule has 0 heterocycles. The molecule has 2 aromatic carbocycles. The van der Waals surface area contributed by atoms with Crippen LogP contribution in [0.15, 0.2) is 45.3 Å². The Hall–Kier alpha value is -1.04. The zero-order valence-corrected chi connectivity index (χ0v) is 13.5. The zero-order valence-electron chi connectivity index (χ0n) is 9.58. The Labute approximate surface area is 132 Å². The first-order chi connectivity index (χ1) is 8.99. The van der Waals surface area contributed by atoms with Crippen LogP contribution in [0.4, 0.5) is 11.4 Å². The molecule has 0 bridgehead atoms. The highest BCUT2D eigenvalue weighted by Gasteiger charge is 2.11. The molecule has 98 valence electrons. The minimum Gasteiger partial charge on any atom is -0.398 e. The summed E-state index contributed by atoms with van der Waals surface area (Å²) in [6.45, 7) is 0. The van der Waals surface area contributed by atoms with Gasteiger partial charge in [-0.05, 0) is 62.2 Å². The fraction of sp³-hybridized carbons (Fsp3) is 0. The lowest BCUT2D eigenvalue weighted by atomic mass is 10.2. The molecular weight excluding hydrogens is 395 g/mol. The van der Waals surface area contributed by atoms with Crippen molar-refractivity contribution < 1.29 is 4.79 Å². The highest BCUT2D eigenvalue weighted by atomic mass is 79.9. The third kappa shape index (κ3) is 3.29. The first-order valence-electron chi connectivity index (χ1n) is 5.29. The van der Waals surface area contributed by atoms with Gasteiger partial charge < -0.3 is 11.1 Å². The molecule has 3 nitrogen and oxygen atoms in total. The molecule has 2 rings (SSSR count). The molecule has 3 N–H and O–H groups in total. The Morgan fingerprint density at radius 1 is 1.16 bits per heavy atom. The van der Waals surface area contributed by atoms with Crippen molar-refractivity contribution in [1.29, 1.82) is 0 Å². The van der Waals surface area contributed by atoms with Crippen LogP contribution in [0.25, 0.3) is 0 Å². The normalized spacial score (nSPS) is 10.3. The SMILES string of the molecule is Nc1ccc(C(=O)Nc2c(Br)cccc2Br)cc1Cl. The lowest BCUT2D eigenvalue weighted by Gasteiger charge is -2.10. The van der Waals surface area contributed by atoms with Crippen LogP contribution < -0.4 is 11.1 Å². The zero-order chi connectivity index (χ0) is 14.0. The third-order valence-electron chi connectivity index (χ3n) is 2.46. The average molecular weight is 404 g/mol. The number of nitrogen functional groups attached to an aromatic ring is 1. The Balaban J connectivity index is 2.28. The van der Waals surface area contributed by atoms with Crippen LogP contribution >= 0.6 is 43.5 Å². The maximum Gasteiger partial charge on any atom is 0.255 e. The van der Waals surface area contributed by atoms with E-state index in [0.717, 1.165) is 8.95 Å². The van der Waals surface area contributed by atoms with Gasteiger partial charge in [-0.3, -0.25) is 4.79 Å². The standard InChI is InChI=1S/C13H9Br2ClN2O/c14-8-2-1-3-9(15)12(8)18-13(19)7-4-5-11(17)10(16)6-7/h1-6H,17H2,(H,18,19). The predicted molar refractivity (Wildman–Crippen MR) is 85.7 cm³/mol. The second kappa shape index (κ2) is 5.94. The van der Waals surface area contributed by atoms with Gasteiger partial charge in [0.1, 0.15) is 0 Å². The lowest BCUT2D eigenvalue weighted by molar-refractivity contribution is 0.102. The number of halogens is 3. The van der Waals surface area contributed by atoms with E-state index < -0.39 is 0 Å². The van der Waals surface area contributed by atoms with E-state index in [1.807, 2.05) is 18.2 Å². The smallest absolute Gasteiger partial charge is 0.255 e. The molecule has 0 aliphatic carbocycles. The van der Waals surface area contributed by atoms with E-state index >= 15 is 0 Å². The summed E-state index contributed by atoms with van der Waals surface area (Å²) in [7, 11) is 0. The van der Waals surface area contributed by atoms with E-state index in [0.29, 0.717) is 22.0 Å². The average Bonchev–Trinajstić information content (AvgIpc) is 2.37. The van der Waals surface area contributed by atoms with E-state index in [1.165, 1.54) is 6.07 Å². The van der Waals surface area contributed by atoms with Crippen molar-refractivity contribution in [2.45, 2.75) is 0 Å². The molecule has 2 aromatic rings. The summed E-state index contributed by atoms with van der Waals surface area (Å²) in [5, 5.41) is 3.17. The van der Waals surface area contributed by atoms with Gasteiger partial charge in [0.2, 0.25) is 0 Å². The minimum atomic E-state index is -0.255. The number of nitrogens with two attached hydrogens (primary N) is 1. The van der Waals surface area contributed by atoms with Crippen LogP contribution in [0.3, 0.4) is 0 Å². The quantitative estimate of drug-likeness (QED) is 0.713. The molecule has 0 spiro atoms. The lowest BCUT2D eigenvalue weighted by Crippen LogP contribution is -2.12. The molecule has 0 saturated heterocycles. The van der Waals surface area contributed by atoms with E-state index in [-0.39, 0.29) is 5.91 Å². The molecule has 0 unspecified atom stereocenters. The van der Waals surface area contributed by atoms with Crippen molar-refractivity contribution in [2.75, 3.05) is 11.1 Å². The monoisotopic (exact) mass is 402 g/mol. The maximum atomic E-state index is 12.1. The Bertz CT molecular complexity index is 626. The van der Waals surface area contributed by atoms with Crippen molar-refractivity contribution in [2.24, 2.45) is 0 Å². The van der Waals surface area contributed by atoms with Gasteiger partial charge in [-0.15, -0.1) is 0 Å². The van der Waals surface area contributed by atoms with Crippen molar-refractivity contribution >= 4 is 60.7 Å². The molecule has 0 radical (unpaired) electrons. The van der Waals surface area contributed by atoms with Gasteiger partial charge in [0.05, 0.1) is 16.4 Å². The molecule has 0 aliphatic heterocycles. The van der Waals surface area contributed by atoms with E-state index in [2.05, 4.69) is 37.2 Å². The number of para-hydroxylation sites is 1. The molecule has 0 atom stereocenters. The summed E-state index contributed by atoms with van der Waals surface area (Å²) in [6, 6.07) is 10.3. The number of amides is 1. The Morgan fingerprint density at radius 2 is 1.79 bits per heavy atom. The van der Waals surface area contributed by atoms with Gasteiger partial charge in [0.15, 0.2) is 0 Å². The van der Waals surface area contributed by atoms with Gasteiger partial charge >= 0.3 is 0 Å². The van der Waals surface area contributed by atoms with Gasteiger partial charge in [0.25, 0.3) is 5.91 Å². The van der Waals surface area contributed by atoms with Gasteiger partial charge in [-0.1, -0.05) is 17.7 Å². The molecule has 0 aliphatic rings. The molecular formula is C13H9Br2ClN2O. The molecule has 0 aromatic heterocycles. The number of carbonyl (C=O) groups excluding carboxylic acids is 1. The molecule has 0 fully saturated rings. The topological polar surface area (TPSA) is 55.1 Å². The van der Waals surface area contributed by atoms with Gasteiger partial charge in [0, 0.05) is 14.5 Å². The van der Waals surface area contributed by atoms with Crippen LogP contribution in [-0.4, -0.2) is 5.91 Å². The van der Waals surface area contributed by atoms with E-state index in [1.54, 1.807) is 12.1 Å². The number of rotatable bonds is 2. The van der Waals surface area contributed by atoms with Crippen molar-refractivity contribution in [3.8, 4) is 0 Å². The highest BCUT2D eigenvalue weighted by molar-refractivity contribution is 9.11. The molecule has 6 heteroatoms. The number of nitrogens with one attached hydrogen (secondary N) is 1. The Morgan fingerprint density at radius 3 is 2.37 bits per heavy atom. The van der Waals surface area contributed by atoms with Crippen LogP contribution in [0.1, 0.15) is 10.4 Å². The van der Waals surface area contributed by atoms with Crippen LogP contribution in [0, 0.1) is 0 Å². The number of carbonyl (C=O) groups is 1. The van der Waals surface area contributed by atoms with E-state index in [4.69, 9.17) is 17.3 Å². The number of hydrogen-bond donors (Lipinski definition) is 2. The second-order valence-electron chi connectivity index (χ2n) is 3.79. The Kier molecular flexibility index (Phi) is 4.50. The minimum absolute atomic E-state index is 0.255. The summed E-state index contributed by atoms with van der Waals surface area (Å²) in [5.74, 6) is -0.255. The highest BCUT2D eigenvalue weighted by Crippen LogP contribution is 2.31. The first kappa shape index (κ1) is 14.4.